The van der Waals surface area contributed by atoms with Gasteiger partial charge in [0.1, 0.15) is 0 Å². The Hall–Kier alpha value is -3.79. The second kappa shape index (κ2) is 8.99. The van der Waals surface area contributed by atoms with Gasteiger partial charge in [0.25, 0.3) is 5.91 Å². The Balaban J connectivity index is 1.41. The number of benzene rings is 4. The summed E-state index contributed by atoms with van der Waals surface area (Å²) in [6, 6.07) is 31.3. The van der Waals surface area contributed by atoms with Gasteiger partial charge in [-0.1, -0.05) is 60.7 Å². The molecular weight excluding hydrogens is 406 g/mol. The van der Waals surface area contributed by atoms with E-state index < -0.39 is 0 Å². The van der Waals surface area contributed by atoms with Crippen LogP contribution in [0.1, 0.15) is 27.5 Å². The number of hydrogen-bond acceptors (Lipinski definition) is 3. The molecule has 4 aromatic carbocycles. The highest BCUT2D eigenvalue weighted by Crippen LogP contribution is 2.35. The van der Waals surface area contributed by atoms with E-state index in [4.69, 9.17) is 0 Å². The third-order valence-electron chi connectivity index (χ3n) is 6.56. The van der Waals surface area contributed by atoms with E-state index >= 15 is 0 Å². The number of rotatable bonds is 6. The van der Waals surface area contributed by atoms with Gasteiger partial charge in [-0.05, 0) is 58.7 Å². The lowest BCUT2D eigenvalue weighted by Gasteiger charge is -2.31. The van der Waals surface area contributed by atoms with Gasteiger partial charge in [0.15, 0.2) is 0 Å². The van der Waals surface area contributed by atoms with Gasteiger partial charge in [-0.2, -0.15) is 0 Å². The molecule has 1 atom stereocenters. The van der Waals surface area contributed by atoms with Gasteiger partial charge >= 0.3 is 0 Å². The molecule has 4 nitrogen and oxygen atoms in total. The molecule has 4 heteroatoms. The fourth-order valence-electron chi connectivity index (χ4n) is 4.71. The topological polar surface area (TPSA) is 35.6 Å². The van der Waals surface area contributed by atoms with E-state index in [9.17, 15) is 4.79 Å². The quantitative estimate of drug-likeness (QED) is 0.438. The van der Waals surface area contributed by atoms with E-state index in [1.165, 1.54) is 22.5 Å². The van der Waals surface area contributed by atoms with Crippen LogP contribution in [0.25, 0.3) is 10.8 Å². The van der Waals surface area contributed by atoms with Crippen LogP contribution in [0.2, 0.25) is 0 Å². The van der Waals surface area contributed by atoms with Crippen LogP contribution in [0, 0.1) is 0 Å². The van der Waals surface area contributed by atoms with Crippen molar-refractivity contribution in [2.45, 2.75) is 12.5 Å². The first-order chi connectivity index (χ1) is 16.1. The third-order valence-corrected chi connectivity index (χ3v) is 6.56. The Labute approximate surface area is 195 Å². The minimum atomic E-state index is -0.0388. The van der Waals surface area contributed by atoms with E-state index in [1.54, 1.807) is 0 Å². The maximum atomic E-state index is 13.1. The number of nitrogens with one attached hydrogen (secondary N) is 1. The Morgan fingerprint density at radius 1 is 0.909 bits per heavy atom. The number of carbonyl (C=O) groups excluding carboxylic acids is 1. The number of amides is 1. The van der Waals surface area contributed by atoms with Gasteiger partial charge in [-0.3, -0.25) is 4.79 Å². The molecule has 1 heterocycles. The lowest BCUT2D eigenvalue weighted by Crippen LogP contribution is -2.37. The van der Waals surface area contributed by atoms with E-state index in [-0.39, 0.29) is 11.9 Å². The van der Waals surface area contributed by atoms with Crippen molar-refractivity contribution in [1.29, 1.82) is 0 Å². The molecule has 1 amide bonds. The van der Waals surface area contributed by atoms with Crippen LogP contribution in [0.5, 0.6) is 0 Å². The summed E-state index contributed by atoms with van der Waals surface area (Å²) < 4.78 is 0. The highest BCUT2D eigenvalue weighted by atomic mass is 16.1. The van der Waals surface area contributed by atoms with Gasteiger partial charge in [0, 0.05) is 44.1 Å². The maximum Gasteiger partial charge on any atom is 0.251 e. The first-order valence-electron chi connectivity index (χ1n) is 11.5. The SMILES string of the molecule is CN(C)c1ccc(C(CNC(=O)c2ccc3ccccc3c2)N2CCc3ccccc32)cc1. The molecule has 0 bridgehead atoms. The summed E-state index contributed by atoms with van der Waals surface area (Å²) in [4.78, 5) is 17.6. The molecule has 1 aliphatic rings. The number of nitrogens with zero attached hydrogens (tertiary/aromatic N) is 2. The van der Waals surface area contributed by atoms with Crippen molar-refractivity contribution in [3.8, 4) is 0 Å². The standard InChI is InChI=1S/C29H29N3O/c1-31(2)26-15-13-23(14-16-26)28(32-18-17-22-8-5-6-10-27(22)32)20-30-29(33)25-12-11-21-7-3-4-9-24(21)19-25/h3-16,19,28H,17-18,20H2,1-2H3,(H,30,33). The van der Waals surface area contributed by atoms with Crippen molar-refractivity contribution in [3.05, 3.63) is 108 Å². The van der Waals surface area contributed by atoms with Crippen molar-refractivity contribution in [2.75, 3.05) is 37.0 Å². The Bertz CT molecular complexity index is 1280. The van der Waals surface area contributed by atoms with Crippen LogP contribution in [-0.4, -0.2) is 33.1 Å². The molecule has 5 rings (SSSR count). The van der Waals surface area contributed by atoms with E-state index in [1.807, 2.05) is 50.5 Å². The van der Waals surface area contributed by atoms with Crippen LogP contribution >= 0.6 is 0 Å². The first kappa shape index (κ1) is 21.1. The van der Waals surface area contributed by atoms with Crippen molar-refractivity contribution >= 4 is 28.1 Å². The summed E-state index contributed by atoms with van der Waals surface area (Å²) in [6.07, 6.45) is 1.03. The fourth-order valence-corrected chi connectivity index (χ4v) is 4.71. The van der Waals surface area contributed by atoms with E-state index in [0.717, 1.165) is 23.7 Å². The predicted octanol–water partition coefficient (Wildman–Crippen LogP) is 5.44. The van der Waals surface area contributed by atoms with E-state index in [2.05, 4.69) is 69.7 Å². The van der Waals surface area contributed by atoms with Gasteiger partial charge in [0.05, 0.1) is 6.04 Å². The van der Waals surface area contributed by atoms with Gasteiger partial charge in [-0.15, -0.1) is 0 Å². The molecule has 166 valence electrons. The smallest absolute Gasteiger partial charge is 0.251 e. The van der Waals surface area contributed by atoms with Crippen molar-refractivity contribution in [1.82, 2.24) is 5.32 Å². The van der Waals surface area contributed by atoms with Gasteiger partial charge < -0.3 is 15.1 Å². The average molecular weight is 436 g/mol. The first-order valence-corrected chi connectivity index (χ1v) is 11.5. The fraction of sp³-hybridized carbons (Fsp3) is 0.207. The molecule has 0 spiro atoms. The molecular formula is C29H29N3O. The molecule has 0 aliphatic carbocycles. The highest BCUT2D eigenvalue weighted by Gasteiger charge is 2.27. The molecule has 1 N–H and O–H groups in total. The minimum absolute atomic E-state index is 0.0388. The zero-order valence-corrected chi connectivity index (χ0v) is 19.2. The number of fused-ring (bicyclic) bond motifs is 2. The second-order valence-corrected chi connectivity index (χ2v) is 8.85. The zero-order chi connectivity index (χ0) is 22.8. The minimum Gasteiger partial charge on any atom is -0.378 e. The molecule has 0 saturated carbocycles. The molecule has 4 aromatic rings. The normalized spacial score (nSPS) is 13.6. The molecule has 33 heavy (non-hydrogen) atoms. The van der Waals surface area contributed by atoms with E-state index in [0.29, 0.717) is 12.1 Å². The molecule has 1 unspecified atom stereocenters. The van der Waals surface area contributed by atoms with Crippen LogP contribution in [-0.2, 0) is 6.42 Å². The van der Waals surface area contributed by atoms with Crippen LogP contribution in [0.15, 0.2) is 91.0 Å². The lowest BCUT2D eigenvalue weighted by atomic mass is 10.0. The predicted molar refractivity (Wildman–Crippen MR) is 137 cm³/mol. The molecule has 0 saturated heterocycles. The van der Waals surface area contributed by atoms with Crippen LogP contribution in [0.4, 0.5) is 11.4 Å². The van der Waals surface area contributed by atoms with Crippen LogP contribution in [0.3, 0.4) is 0 Å². The number of carbonyl (C=O) groups is 1. The summed E-state index contributed by atoms with van der Waals surface area (Å²) in [5.41, 5.74) is 5.69. The third kappa shape index (κ3) is 4.29. The summed E-state index contributed by atoms with van der Waals surface area (Å²) in [6.45, 7) is 1.49. The Morgan fingerprint density at radius 2 is 1.64 bits per heavy atom. The molecule has 0 fully saturated rings. The summed E-state index contributed by atoms with van der Waals surface area (Å²) >= 11 is 0. The summed E-state index contributed by atoms with van der Waals surface area (Å²) in [5, 5.41) is 5.43. The second-order valence-electron chi connectivity index (χ2n) is 8.85. The van der Waals surface area contributed by atoms with Crippen LogP contribution < -0.4 is 15.1 Å². The van der Waals surface area contributed by atoms with Crippen molar-refractivity contribution < 1.29 is 4.79 Å². The Kier molecular flexibility index (Phi) is 5.74. The number of anilines is 2. The summed E-state index contributed by atoms with van der Waals surface area (Å²) in [7, 11) is 4.10. The molecule has 1 aliphatic heterocycles. The zero-order valence-electron chi connectivity index (χ0n) is 19.2. The van der Waals surface area contributed by atoms with Crippen molar-refractivity contribution in [2.24, 2.45) is 0 Å². The Morgan fingerprint density at radius 3 is 2.42 bits per heavy atom. The van der Waals surface area contributed by atoms with Gasteiger partial charge in [0.2, 0.25) is 0 Å². The highest BCUT2D eigenvalue weighted by molar-refractivity contribution is 5.98. The lowest BCUT2D eigenvalue weighted by molar-refractivity contribution is 0.0951. The monoisotopic (exact) mass is 435 g/mol. The van der Waals surface area contributed by atoms with Gasteiger partial charge in [-0.25, -0.2) is 0 Å². The summed E-state index contributed by atoms with van der Waals surface area (Å²) in [5.74, 6) is -0.0388. The molecule has 0 radical (unpaired) electrons. The largest absolute Gasteiger partial charge is 0.378 e. The number of hydrogen-bond donors (Lipinski definition) is 1. The van der Waals surface area contributed by atoms with Crippen molar-refractivity contribution in [3.63, 3.8) is 0 Å². The maximum absolute atomic E-state index is 13.1. The molecule has 0 aromatic heterocycles. The average Bonchev–Trinajstić information content (AvgIpc) is 3.28. The number of para-hydroxylation sites is 1.